The maximum absolute atomic E-state index is 13.6. The van der Waals surface area contributed by atoms with Gasteiger partial charge < -0.3 is 5.32 Å². The topological polar surface area (TPSA) is 12.0 Å². The summed E-state index contributed by atoms with van der Waals surface area (Å²) in [5.41, 5.74) is 0.0659. The van der Waals surface area contributed by atoms with Gasteiger partial charge in [-0.2, -0.15) is 0 Å². The van der Waals surface area contributed by atoms with Crippen molar-refractivity contribution < 1.29 is 8.78 Å². The van der Waals surface area contributed by atoms with E-state index in [1.165, 1.54) is 18.2 Å². The largest absolute Gasteiger partial charge is 0.315 e. The minimum absolute atomic E-state index is 0.134. The molecule has 0 spiro atoms. The first-order valence-electron chi connectivity index (χ1n) is 6.52. The molecule has 1 rings (SSSR count). The van der Waals surface area contributed by atoms with E-state index in [2.05, 4.69) is 19.2 Å². The molecule has 0 saturated heterocycles. The highest BCUT2D eigenvalue weighted by atomic mass is 19.1. The molecular formula is C15H23F2N. The molecule has 0 amide bonds. The van der Waals surface area contributed by atoms with Crippen molar-refractivity contribution in [3.8, 4) is 0 Å². The fourth-order valence-corrected chi connectivity index (χ4v) is 2.50. The van der Waals surface area contributed by atoms with Gasteiger partial charge in [0.25, 0.3) is 0 Å². The van der Waals surface area contributed by atoms with Gasteiger partial charge in [-0.1, -0.05) is 26.8 Å². The van der Waals surface area contributed by atoms with Crippen LogP contribution in [0.15, 0.2) is 18.2 Å². The predicted molar refractivity (Wildman–Crippen MR) is 71.6 cm³/mol. The van der Waals surface area contributed by atoms with E-state index < -0.39 is 11.6 Å². The summed E-state index contributed by atoms with van der Waals surface area (Å²) < 4.78 is 27.2. The van der Waals surface area contributed by atoms with Gasteiger partial charge in [-0.25, -0.2) is 8.78 Å². The minimum atomic E-state index is -0.445. The van der Waals surface area contributed by atoms with Crippen LogP contribution in [0.4, 0.5) is 8.78 Å². The first kappa shape index (κ1) is 15.1. The van der Waals surface area contributed by atoms with Gasteiger partial charge in [-0.05, 0) is 43.9 Å². The standard InChI is InChI=1S/C15H23F2N/c1-5-18-11(2)9-15(3,4)10-12-13(16)7-6-8-14(12)17/h6-8,11,18H,5,9-10H2,1-4H3. The van der Waals surface area contributed by atoms with E-state index in [1.807, 2.05) is 13.8 Å². The van der Waals surface area contributed by atoms with Gasteiger partial charge in [-0.15, -0.1) is 0 Å². The van der Waals surface area contributed by atoms with Crippen molar-refractivity contribution in [1.29, 1.82) is 0 Å². The molecule has 1 atom stereocenters. The first-order chi connectivity index (χ1) is 8.35. The van der Waals surface area contributed by atoms with Crippen molar-refractivity contribution >= 4 is 0 Å². The number of halogens is 2. The van der Waals surface area contributed by atoms with Crippen molar-refractivity contribution in [2.24, 2.45) is 5.41 Å². The van der Waals surface area contributed by atoms with Crippen molar-refractivity contribution in [3.05, 3.63) is 35.4 Å². The molecule has 18 heavy (non-hydrogen) atoms. The van der Waals surface area contributed by atoms with E-state index in [-0.39, 0.29) is 11.0 Å². The third-order valence-electron chi connectivity index (χ3n) is 3.13. The quantitative estimate of drug-likeness (QED) is 0.812. The highest BCUT2D eigenvalue weighted by Gasteiger charge is 2.24. The Kier molecular flexibility index (Phi) is 5.27. The molecule has 1 nitrogen and oxygen atoms in total. The number of benzene rings is 1. The Morgan fingerprint density at radius 3 is 2.28 bits per heavy atom. The molecule has 0 aliphatic carbocycles. The smallest absolute Gasteiger partial charge is 0.129 e. The second kappa shape index (κ2) is 6.28. The average Bonchev–Trinajstić information content (AvgIpc) is 2.23. The van der Waals surface area contributed by atoms with Crippen LogP contribution >= 0.6 is 0 Å². The Bertz CT molecular complexity index is 368. The van der Waals surface area contributed by atoms with Crippen molar-refractivity contribution in [3.63, 3.8) is 0 Å². The van der Waals surface area contributed by atoms with Gasteiger partial charge in [0, 0.05) is 11.6 Å². The van der Waals surface area contributed by atoms with Crippen LogP contribution in [0.2, 0.25) is 0 Å². The molecule has 0 bridgehead atoms. The van der Waals surface area contributed by atoms with E-state index in [1.54, 1.807) is 0 Å². The van der Waals surface area contributed by atoms with E-state index in [0.29, 0.717) is 12.5 Å². The summed E-state index contributed by atoms with van der Waals surface area (Å²) in [6.07, 6.45) is 1.30. The van der Waals surface area contributed by atoms with Crippen LogP contribution in [0.1, 0.15) is 39.7 Å². The number of hydrogen-bond acceptors (Lipinski definition) is 1. The third-order valence-corrected chi connectivity index (χ3v) is 3.13. The van der Waals surface area contributed by atoms with E-state index in [0.717, 1.165) is 13.0 Å². The molecule has 0 radical (unpaired) electrons. The lowest BCUT2D eigenvalue weighted by Crippen LogP contribution is -2.32. The number of rotatable bonds is 6. The Balaban J connectivity index is 2.76. The Morgan fingerprint density at radius 1 is 1.22 bits per heavy atom. The Labute approximate surface area is 109 Å². The first-order valence-corrected chi connectivity index (χ1v) is 6.52. The zero-order valence-electron chi connectivity index (χ0n) is 11.7. The maximum atomic E-state index is 13.6. The molecule has 1 unspecified atom stereocenters. The summed E-state index contributed by atoms with van der Waals surface area (Å²) in [6, 6.07) is 4.40. The summed E-state index contributed by atoms with van der Waals surface area (Å²) in [7, 11) is 0. The molecule has 0 heterocycles. The van der Waals surface area contributed by atoms with E-state index >= 15 is 0 Å². The van der Waals surface area contributed by atoms with Gasteiger partial charge in [0.1, 0.15) is 11.6 Å². The zero-order chi connectivity index (χ0) is 13.8. The highest BCUT2D eigenvalue weighted by molar-refractivity contribution is 5.21. The number of nitrogens with one attached hydrogen (secondary N) is 1. The van der Waals surface area contributed by atoms with Crippen molar-refractivity contribution in [2.75, 3.05) is 6.54 Å². The van der Waals surface area contributed by atoms with Gasteiger partial charge >= 0.3 is 0 Å². The molecule has 1 N–H and O–H groups in total. The molecule has 102 valence electrons. The third kappa shape index (κ3) is 4.37. The van der Waals surface area contributed by atoms with Gasteiger partial charge in [0.05, 0.1) is 0 Å². The summed E-state index contributed by atoms with van der Waals surface area (Å²) in [5, 5.41) is 3.33. The fourth-order valence-electron chi connectivity index (χ4n) is 2.50. The lowest BCUT2D eigenvalue weighted by Gasteiger charge is -2.29. The molecule has 0 fully saturated rings. The van der Waals surface area contributed by atoms with Gasteiger partial charge in [-0.3, -0.25) is 0 Å². The van der Waals surface area contributed by atoms with Crippen molar-refractivity contribution in [2.45, 2.75) is 46.6 Å². The molecule has 1 aromatic carbocycles. The Hall–Kier alpha value is -0.960. The molecule has 0 aliphatic heterocycles. The Morgan fingerprint density at radius 2 is 1.78 bits per heavy atom. The summed E-state index contributed by atoms with van der Waals surface area (Å²) in [5.74, 6) is -0.890. The zero-order valence-corrected chi connectivity index (χ0v) is 11.7. The lowest BCUT2D eigenvalue weighted by molar-refractivity contribution is 0.282. The molecule has 1 aromatic rings. The SMILES string of the molecule is CCNC(C)CC(C)(C)Cc1c(F)cccc1F. The van der Waals surface area contributed by atoms with Crippen LogP contribution in [0.5, 0.6) is 0 Å². The average molecular weight is 255 g/mol. The molecule has 0 aliphatic rings. The predicted octanol–water partition coefficient (Wildman–Crippen LogP) is 3.92. The second-order valence-corrected chi connectivity index (χ2v) is 5.70. The molecular weight excluding hydrogens is 232 g/mol. The van der Waals surface area contributed by atoms with Crippen LogP contribution < -0.4 is 5.32 Å². The summed E-state index contributed by atoms with van der Waals surface area (Å²) in [4.78, 5) is 0. The van der Waals surface area contributed by atoms with Crippen molar-refractivity contribution in [1.82, 2.24) is 5.32 Å². The van der Waals surface area contributed by atoms with Crippen LogP contribution in [0.25, 0.3) is 0 Å². The van der Waals surface area contributed by atoms with E-state index in [4.69, 9.17) is 0 Å². The van der Waals surface area contributed by atoms with Gasteiger partial charge in [0.2, 0.25) is 0 Å². The molecule has 0 saturated carbocycles. The normalized spacial score (nSPS) is 13.7. The van der Waals surface area contributed by atoms with Crippen LogP contribution in [-0.4, -0.2) is 12.6 Å². The van der Waals surface area contributed by atoms with Crippen LogP contribution in [0, 0.1) is 17.0 Å². The van der Waals surface area contributed by atoms with Crippen LogP contribution in [0.3, 0.4) is 0 Å². The fraction of sp³-hybridized carbons (Fsp3) is 0.600. The summed E-state index contributed by atoms with van der Waals surface area (Å²) >= 11 is 0. The highest BCUT2D eigenvalue weighted by Crippen LogP contribution is 2.29. The molecule has 0 aromatic heterocycles. The molecule has 3 heteroatoms. The minimum Gasteiger partial charge on any atom is -0.315 e. The van der Waals surface area contributed by atoms with Crippen LogP contribution in [-0.2, 0) is 6.42 Å². The second-order valence-electron chi connectivity index (χ2n) is 5.70. The lowest BCUT2D eigenvalue weighted by atomic mass is 9.80. The van der Waals surface area contributed by atoms with E-state index in [9.17, 15) is 8.78 Å². The van der Waals surface area contributed by atoms with Gasteiger partial charge in [0.15, 0.2) is 0 Å². The maximum Gasteiger partial charge on any atom is 0.129 e. The number of hydrogen-bond donors (Lipinski definition) is 1. The monoisotopic (exact) mass is 255 g/mol. The summed E-state index contributed by atoms with van der Waals surface area (Å²) in [6.45, 7) is 9.16.